The third-order valence-electron chi connectivity index (χ3n) is 3.48. The Morgan fingerprint density at radius 1 is 1.18 bits per heavy atom. The van der Waals surface area contributed by atoms with E-state index in [1.54, 1.807) is 0 Å². The number of piperidine rings is 1. The van der Waals surface area contributed by atoms with Crippen LogP contribution < -0.4 is 5.73 Å². The van der Waals surface area contributed by atoms with Gasteiger partial charge in [0.25, 0.3) is 0 Å². The van der Waals surface area contributed by atoms with Gasteiger partial charge in [-0.05, 0) is 37.1 Å². The van der Waals surface area contributed by atoms with Crippen molar-refractivity contribution in [2.45, 2.75) is 31.9 Å². The largest absolute Gasteiger partial charge is 0.387 e. The van der Waals surface area contributed by atoms with Gasteiger partial charge in [0.1, 0.15) is 0 Å². The molecule has 0 aromatic heterocycles. The van der Waals surface area contributed by atoms with Crippen LogP contribution in [0.3, 0.4) is 0 Å². The summed E-state index contributed by atoms with van der Waals surface area (Å²) < 4.78 is 0. The first-order valence-corrected chi connectivity index (χ1v) is 6.49. The van der Waals surface area contributed by atoms with Crippen LogP contribution in [0.2, 0.25) is 0 Å². The third kappa shape index (κ3) is 3.28. The molecule has 1 aromatic rings. The van der Waals surface area contributed by atoms with E-state index in [1.807, 2.05) is 18.2 Å². The summed E-state index contributed by atoms with van der Waals surface area (Å²) in [7, 11) is 0. The molecule has 3 nitrogen and oxygen atoms in total. The van der Waals surface area contributed by atoms with E-state index < -0.39 is 6.10 Å². The lowest BCUT2D eigenvalue weighted by Crippen LogP contribution is -2.29. The molecule has 0 spiro atoms. The molecular formula is C14H22N2O. The van der Waals surface area contributed by atoms with Gasteiger partial charge in [-0.15, -0.1) is 0 Å². The molecule has 1 aliphatic rings. The number of likely N-dealkylation sites (tertiary alicyclic amines) is 1. The van der Waals surface area contributed by atoms with Gasteiger partial charge in [-0.25, -0.2) is 0 Å². The van der Waals surface area contributed by atoms with E-state index in [1.165, 1.54) is 37.9 Å². The normalized spacial score (nSPS) is 19.2. The Balaban J connectivity index is 2.08. The summed E-state index contributed by atoms with van der Waals surface area (Å²) in [5.41, 5.74) is 7.74. The summed E-state index contributed by atoms with van der Waals surface area (Å²) >= 11 is 0. The molecule has 0 radical (unpaired) electrons. The van der Waals surface area contributed by atoms with Crippen molar-refractivity contribution in [3.05, 3.63) is 35.4 Å². The number of hydrogen-bond acceptors (Lipinski definition) is 3. The molecular weight excluding hydrogens is 212 g/mol. The Morgan fingerprint density at radius 2 is 1.88 bits per heavy atom. The first-order valence-electron chi connectivity index (χ1n) is 6.49. The van der Waals surface area contributed by atoms with Crippen molar-refractivity contribution in [1.82, 2.24) is 4.90 Å². The average molecular weight is 234 g/mol. The number of aliphatic hydroxyl groups excluding tert-OH is 1. The van der Waals surface area contributed by atoms with Gasteiger partial charge < -0.3 is 10.8 Å². The van der Waals surface area contributed by atoms with Gasteiger partial charge in [-0.2, -0.15) is 0 Å². The van der Waals surface area contributed by atoms with E-state index in [2.05, 4.69) is 11.0 Å². The molecule has 3 N–H and O–H groups in total. The number of aliphatic hydroxyl groups is 1. The van der Waals surface area contributed by atoms with Crippen molar-refractivity contribution in [2.75, 3.05) is 19.6 Å². The maximum Gasteiger partial charge on any atom is 0.0915 e. The summed E-state index contributed by atoms with van der Waals surface area (Å²) in [6.45, 7) is 3.57. The predicted molar refractivity (Wildman–Crippen MR) is 69.6 cm³/mol. The van der Waals surface area contributed by atoms with Crippen molar-refractivity contribution >= 4 is 0 Å². The number of benzene rings is 1. The van der Waals surface area contributed by atoms with E-state index in [0.29, 0.717) is 0 Å². The fraction of sp³-hybridized carbons (Fsp3) is 0.571. The van der Waals surface area contributed by atoms with Crippen LogP contribution in [0.4, 0.5) is 0 Å². The maximum absolute atomic E-state index is 9.90. The predicted octanol–water partition coefficient (Wildman–Crippen LogP) is 1.66. The first kappa shape index (κ1) is 12.6. The van der Waals surface area contributed by atoms with E-state index in [0.717, 1.165) is 12.1 Å². The van der Waals surface area contributed by atoms with Crippen molar-refractivity contribution in [1.29, 1.82) is 0 Å². The van der Waals surface area contributed by atoms with E-state index >= 15 is 0 Å². The lowest BCUT2D eigenvalue weighted by atomic mass is 10.0. The molecule has 0 bridgehead atoms. The Bertz CT molecular complexity index is 348. The third-order valence-corrected chi connectivity index (χ3v) is 3.48. The van der Waals surface area contributed by atoms with Crippen LogP contribution in [0.1, 0.15) is 36.5 Å². The van der Waals surface area contributed by atoms with Gasteiger partial charge in [0, 0.05) is 13.1 Å². The molecule has 1 heterocycles. The van der Waals surface area contributed by atoms with Crippen LogP contribution in [-0.4, -0.2) is 29.6 Å². The van der Waals surface area contributed by atoms with Crippen molar-refractivity contribution < 1.29 is 5.11 Å². The molecule has 1 aliphatic heterocycles. The second-order valence-electron chi connectivity index (χ2n) is 4.79. The number of rotatable bonds is 4. The van der Waals surface area contributed by atoms with Gasteiger partial charge >= 0.3 is 0 Å². The Hall–Kier alpha value is -0.900. The highest BCUT2D eigenvalue weighted by molar-refractivity contribution is 5.29. The molecule has 2 rings (SSSR count). The second-order valence-corrected chi connectivity index (χ2v) is 4.79. The van der Waals surface area contributed by atoms with Crippen LogP contribution in [0, 0.1) is 0 Å². The Kier molecular flexibility index (Phi) is 4.54. The number of nitrogens with zero attached hydrogens (tertiary/aromatic N) is 1. The van der Waals surface area contributed by atoms with Crippen LogP contribution in [0.25, 0.3) is 0 Å². The standard InChI is InChI=1S/C14H22N2O/c15-10-14(17)13-7-3-2-6-12(13)11-16-8-4-1-5-9-16/h2-3,6-7,14,17H,1,4-5,8-11,15H2. The quantitative estimate of drug-likeness (QED) is 0.833. The minimum Gasteiger partial charge on any atom is -0.387 e. The summed E-state index contributed by atoms with van der Waals surface area (Å²) in [6.07, 6.45) is 3.41. The Labute approximate surface area is 103 Å². The highest BCUT2D eigenvalue weighted by Crippen LogP contribution is 2.20. The molecule has 94 valence electrons. The molecule has 3 heteroatoms. The monoisotopic (exact) mass is 234 g/mol. The zero-order valence-electron chi connectivity index (χ0n) is 10.3. The molecule has 0 amide bonds. The minimum atomic E-state index is -0.531. The summed E-state index contributed by atoms with van der Waals surface area (Å²) in [5.74, 6) is 0. The zero-order chi connectivity index (χ0) is 12.1. The lowest BCUT2D eigenvalue weighted by Gasteiger charge is -2.27. The second kappa shape index (κ2) is 6.15. The topological polar surface area (TPSA) is 49.5 Å². The summed E-state index contributed by atoms with van der Waals surface area (Å²) in [5, 5.41) is 9.90. The zero-order valence-corrected chi connectivity index (χ0v) is 10.3. The number of hydrogen-bond donors (Lipinski definition) is 2. The van der Waals surface area contributed by atoms with Crippen molar-refractivity contribution in [3.8, 4) is 0 Å². The highest BCUT2D eigenvalue weighted by atomic mass is 16.3. The summed E-state index contributed by atoms with van der Waals surface area (Å²) in [4.78, 5) is 2.46. The van der Waals surface area contributed by atoms with Crippen molar-refractivity contribution in [2.24, 2.45) is 5.73 Å². The van der Waals surface area contributed by atoms with Crippen LogP contribution >= 0.6 is 0 Å². The molecule has 17 heavy (non-hydrogen) atoms. The first-order chi connectivity index (χ1) is 8.31. The average Bonchev–Trinajstić information content (AvgIpc) is 2.40. The smallest absolute Gasteiger partial charge is 0.0915 e. The van der Waals surface area contributed by atoms with E-state index in [4.69, 9.17) is 5.73 Å². The molecule has 0 aliphatic carbocycles. The fourth-order valence-electron chi connectivity index (χ4n) is 2.49. The molecule has 1 aromatic carbocycles. The molecule has 0 saturated carbocycles. The van der Waals surface area contributed by atoms with Crippen LogP contribution in [0.5, 0.6) is 0 Å². The van der Waals surface area contributed by atoms with Crippen LogP contribution in [0.15, 0.2) is 24.3 Å². The minimum absolute atomic E-state index is 0.289. The van der Waals surface area contributed by atoms with Gasteiger partial charge in [0.05, 0.1) is 6.10 Å². The highest BCUT2D eigenvalue weighted by Gasteiger charge is 2.15. The number of nitrogens with two attached hydrogens (primary N) is 1. The lowest BCUT2D eigenvalue weighted by molar-refractivity contribution is 0.180. The van der Waals surface area contributed by atoms with E-state index in [-0.39, 0.29) is 6.54 Å². The summed E-state index contributed by atoms with van der Waals surface area (Å²) in [6, 6.07) is 8.08. The molecule has 1 atom stereocenters. The SMILES string of the molecule is NCC(O)c1ccccc1CN1CCCCC1. The fourth-order valence-corrected chi connectivity index (χ4v) is 2.49. The molecule has 1 unspecified atom stereocenters. The van der Waals surface area contributed by atoms with Gasteiger partial charge in [-0.1, -0.05) is 30.7 Å². The van der Waals surface area contributed by atoms with Gasteiger partial charge in [0.15, 0.2) is 0 Å². The van der Waals surface area contributed by atoms with Gasteiger partial charge in [0.2, 0.25) is 0 Å². The maximum atomic E-state index is 9.90. The van der Waals surface area contributed by atoms with Gasteiger partial charge in [-0.3, -0.25) is 4.90 Å². The molecule has 1 saturated heterocycles. The van der Waals surface area contributed by atoms with E-state index in [9.17, 15) is 5.11 Å². The molecule has 1 fully saturated rings. The van der Waals surface area contributed by atoms with Crippen LogP contribution in [-0.2, 0) is 6.54 Å². The Morgan fingerprint density at radius 3 is 2.59 bits per heavy atom. The van der Waals surface area contributed by atoms with Crippen molar-refractivity contribution in [3.63, 3.8) is 0 Å².